The van der Waals surface area contributed by atoms with E-state index in [0.717, 1.165) is 19.8 Å². The molecule has 0 heterocycles. The maximum Gasteiger partial charge on any atom is 0.167 e. The van der Waals surface area contributed by atoms with Crippen LogP contribution in [0, 0.1) is 0 Å². The fourth-order valence-electron chi connectivity index (χ4n) is 3.34. The van der Waals surface area contributed by atoms with Gasteiger partial charge in [-0.15, -0.1) is 0 Å². The van der Waals surface area contributed by atoms with Crippen molar-refractivity contribution >= 4 is 19.5 Å². The molecule has 0 rings (SSSR count). The van der Waals surface area contributed by atoms with Crippen molar-refractivity contribution in [3.05, 3.63) is 0 Å². The second-order valence-electron chi connectivity index (χ2n) is 9.85. The molecule has 0 spiro atoms. The first kappa shape index (κ1) is 28.3. The summed E-state index contributed by atoms with van der Waals surface area (Å²) in [5, 5.41) is 0.790. The van der Waals surface area contributed by atoms with E-state index in [-0.39, 0.29) is 0 Å². The predicted octanol–water partition coefficient (Wildman–Crippen LogP) is 4.01. The molecule has 0 unspecified atom stereocenters. The predicted molar refractivity (Wildman–Crippen MR) is 131 cm³/mol. The normalized spacial score (nSPS) is 13.7. The molecule has 0 aromatic rings. The number of unbranched alkanes of at least 4 members (excludes halogenated alkanes) is 5. The van der Waals surface area contributed by atoms with E-state index in [0.29, 0.717) is 10.1 Å². The third-order valence-electron chi connectivity index (χ3n) is 5.53. The Bertz CT molecular complexity index is 331. The molecule has 0 amide bonds. The Labute approximate surface area is 181 Å². The lowest BCUT2D eigenvalue weighted by Gasteiger charge is -2.32. The van der Waals surface area contributed by atoms with Gasteiger partial charge >= 0.3 is 0 Å². The van der Waals surface area contributed by atoms with Crippen LogP contribution in [-0.2, 0) is 8.85 Å². The van der Waals surface area contributed by atoms with Crippen LogP contribution < -0.4 is 5.73 Å². The van der Waals surface area contributed by atoms with Gasteiger partial charge in [0, 0.05) is 13.2 Å². The second-order valence-corrected chi connectivity index (χ2v) is 15.1. The van der Waals surface area contributed by atoms with Crippen molar-refractivity contribution in [2.45, 2.75) is 103 Å². The smallest absolute Gasteiger partial charge is 0.167 e. The first-order valence-corrected chi connectivity index (χ1v) is 14.4. The van der Waals surface area contributed by atoms with Gasteiger partial charge in [-0.1, -0.05) is 53.4 Å². The molecule has 0 bridgehead atoms. The number of rotatable bonds is 20. The van der Waals surface area contributed by atoms with E-state index < -0.39 is 19.5 Å². The van der Waals surface area contributed by atoms with Gasteiger partial charge in [0.05, 0.1) is 0 Å². The molecule has 0 aliphatic heterocycles. The van der Waals surface area contributed by atoms with Gasteiger partial charge in [-0.3, -0.25) is 0 Å². The minimum atomic E-state index is -0.442. The third-order valence-corrected chi connectivity index (χ3v) is 9.03. The van der Waals surface area contributed by atoms with Crippen molar-refractivity contribution in [1.82, 2.24) is 4.90 Å². The van der Waals surface area contributed by atoms with E-state index in [2.05, 4.69) is 46.4 Å². The van der Waals surface area contributed by atoms with Crippen molar-refractivity contribution in [1.29, 1.82) is 0 Å². The number of hydrogen-bond donors (Lipinski definition) is 1. The van der Waals surface area contributed by atoms with Crippen LogP contribution in [0.15, 0.2) is 0 Å². The molecule has 0 aliphatic rings. The highest BCUT2D eigenvalue weighted by Gasteiger charge is 2.23. The summed E-state index contributed by atoms with van der Waals surface area (Å²) in [6.45, 7) is 20.1. The van der Waals surface area contributed by atoms with Crippen LogP contribution in [0.25, 0.3) is 0 Å². The van der Waals surface area contributed by atoms with Crippen molar-refractivity contribution < 1.29 is 8.85 Å². The molecular formula is C22H52N2O2Si2. The van der Waals surface area contributed by atoms with Gasteiger partial charge in [-0.25, -0.2) is 0 Å². The molecule has 0 fully saturated rings. The summed E-state index contributed by atoms with van der Waals surface area (Å²) < 4.78 is 11.7. The van der Waals surface area contributed by atoms with E-state index in [1.54, 1.807) is 0 Å². The number of nitrogens with two attached hydrogens (primary N) is 1. The highest BCUT2D eigenvalue weighted by Crippen LogP contribution is 2.30. The highest BCUT2D eigenvalue weighted by atomic mass is 28.2. The van der Waals surface area contributed by atoms with Gasteiger partial charge in [-0.05, 0) is 75.8 Å². The second kappa shape index (κ2) is 17.0. The van der Waals surface area contributed by atoms with Crippen LogP contribution in [0.2, 0.25) is 10.1 Å². The Kier molecular flexibility index (Phi) is 17.2. The summed E-state index contributed by atoms with van der Waals surface area (Å²) in [5.74, 6) is 0. The lowest BCUT2D eigenvalue weighted by atomic mass is 10.1. The topological polar surface area (TPSA) is 47.7 Å². The molecule has 0 saturated heterocycles. The van der Waals surface area contributed by atoms with Crippen molar-refractivity contribution in [3.8, 4) is 0 Å². The Morgan fingerprint density at radius 2 is 1.11 bits per heavy atom. The molecule has 4 nitrogen and oxygen atoms in total. The van der Waals surface area contributed by atoms with Crippen molar-refractivity contribution in [2.75, 3.05) is 39.4 Å². The summed E-state index contributed by atoms with van der Waals surface area (Å²) in [5.41, 5.74) is 5.59. The fraction of sp³-hybridized carbons (Fsp3) is 1.00. The van der Waals surface area contributed by atoms with E-state index in [4.69, 9.17) is 14.6 Å². The highest BCUT2D eigenvalue weighted by molar-refractivity contribution is 6.32. The Hall–Kier alpha value is 0.274. The van der Waals surface area contributed by atoms with E-state index in [9.17, 15) is 0 Å². The Balaban J connectivity index is 4.40. The molecule has 28 heavy (non-hydrogen) atoms. The lowest BCUT2D eigenvalue weighted by molar-refractivity contribution is 0.232. The van der Waals surface area contributed by atoms with Gasteiger partial charge < -0.3 is 19.5 Å². The summed E-state index contributed by atoms with van der Waals surface area (Å²) in [6.07, 6.45) is 10.4. The minimum absolute atomic E-state index is 0.395. The zero-order valence-corrected chi connectivity index (χ0v) is 23.0. The standard InChI is InChI=1S/C22H52N2O2Si2/c1-7-25-27-21(3,4)15-19-24(18-14-12-10-9-11-13-17-23)20-16-22(5,6)28-26-8-2/h7-20,23,27-28H2,1-6H3. The Morgan fingerprint density at radius 1 is 0.679 bits per heavy atom. The van der Waals surface area contributed by atoms with Crippen LogP contribution in [0.3, 0.4) is 0 Å². The molecule has 6 heteroatoms. The molecule has 0 radical (unpaired) electrons. The molecule has 2 N–H and O–H groups in total. The SMILES string of the molecule is CCO[SiH2]C(C)(C)CCN(CCCCCCCCN)CCC(C)(C)[SiH2]OCC. The number of nitrogens with zero attached hydrogens (tertiary/aromatic N) is 1. The van der Waals surface area contributed by atoms with Crippen LogP contribution in [0.5, 0.6) is 0 Å². The van der Waals surface area contributed by atoms with E-state index >= 15 is 0 Å². The molecular weight excluding hydrogens is 380 g/mol. The average molecular weight is 433 g/mol. The molecule has 0 aromatic carbocycles. The first-order valence-electron chi connectivity index (χ1n) is 11.8. The van der Waals surface area contributed by atoms with Crippen molar-refractivity contribution in [3.63, 3.8) is 0 Å². The van der Waals surface area contributed by atoms with Crippen LogP contribution >= 0.6 is 0 Å². The maximum atomic E-state index is 5.83. The summed E-state index contributed by atoms with van der Waals surface area (Å²) >= 11 is 0. The largest absolute Gasteiger partial charge is 0.424 e. The third kappa shape index (κ3) is 17.2. The molecule has 0 aromatic heterocycles. The summed E-state index contributed by atoms with van der Waals surface area (Å²) in [6, 6.07) is 0. The van der Waals surface area contributed by atoms with E-state index in [1.807, 2.05) is 0 Å². The van der Waals surface area contributed by atoms with Crippen LogP contribution in [0.4, 0.5) is 0 Å². The van der Waals surface area contributed by atoms with Crippen LogP contribution in [0.1, 0.15) is 92.9 Å². The molecule has 170 valence electrons. The van der Waals surface area contributed by atoms with E-state index in [1.165, 1.54) is 71.0 Å². The average Bonchev–Trinajstić information content (AvgIpc) is 2.65. The monoisotopic (exact) mass is 432 g/mol. The zero-order valence-electron chi connectivity index (χ0n) is 20.2. The first-order chi connectivity index (χ1) is 13.3. The maximum absolute atomic E-state index is 5.83. The van der Waals surface area contributed by atoms with Gasteiger partial charge in [0.1, 0.15) is 0 Å². The van der Waals surface area contributed by atoms with Gasteiger partial charge in [0.2, 0.25) is 0 Å². The Morgan fingerprint density at radius 3 is 1.54 bits per heavy atom. The summed E-state index contributed by atoms with van der Waals surface area (Å²) in [7, 11) is -0.884. The van der Waals surface area contributed by atoms with Gasteiger partial charge in [-0.2, -0.15) is 0 Å². The summed E-state index contributed by atoms with van der Waals surface area (Å²) in [4.78, 5) is 2.73. The lowest BCUT2D eigenvalue weighted by Crippen LogP contribution is -2.33. The van der Waals surface area contributed by atoms with Gasteiger partial charge in [0.15, 0.2) is 19.5 Å². The van der Waals surface area contributed by atoms with Gasteiger partial charge in [0.25, 0.3) is 0 Å². The molecule has 0 saturated carbocycles. The van der Waals surface area contributed by atoms with Crippen LogP contribution in [-0.4, -0.2) is 63.8 Å². The quantitative estimate of drug-likeness (QED) is 0.233. The van der Waals surface area contributed by atoms with Crippen molar-refractivity contribution in [2.24, 2.45) is 5.73 Å². The fourth-order valence-corrected chi connectivity index (χ4v) is 5.46. The molecule has 0 atom stereocenters. The number of hydrogen-bond acceptors (Lipinski definition) is 4. The minimum Gasteiger partial charge on any atom is -0.424 e. The molecule has 0 aliphatic carbocycles. The zero-order chi connectivity index (χ0) is 21.3.